The van der Waals surface area contributed by atoms with Crippen molar-refractivity contribution in [2.75, 3.05) is 0 Å². The zero-order valence-electron chi connectivity index (χ0n) is 16.4. The Hall–Kier alpha value is -3.09. The van der Waals surface area contributed by atoms with E-state index in [1.54, 1.807) is 37.4 Å². The van der Waals surface area contributed by atoms with Crippen LogP contribution in [0.25, 0.3) is 0 Å². The molecule has 1 aromatic carbocycles. The standard InChI is InChI=1S/C22H25N3O4/c1-15-6-5-13-25(19(15)26)14-22(20(27)23-21(28)24-22)16-9-11-18(12-10-16)29-17-7-3-2-4-8-17/h5-6,9-13,17H,2-4,7-8,14H2,1H3,(H2,23,24,27,28). The number of benzene rings is 1. The van der Waals surface area contributed by atoms with E-state index >= 15 is 0 Å². The van der Waals surface area contributed by atoms with E-state index in [1.807, 2.05) is 12.1 Å². The van der Waals surface area contributed by atoms with Crippen LogP contribution in [0.2, 0.25) is 0 Å². The van der Waals surface area contributed by atoms with Crippen molar-refractivity contribution < 1.29 is 14.3 Å². The van der Waals surface area contributed by atoms with Crippen molar-refractivity contribution in [1.29, 1.82) is 0 Å². The van der Waals surface area contributed by atoms with Crippen molar-refractivity contribution in [2.45, 2.75) is 57.2 Å². The Morgan fingerprint density at radius 3 is 2.45 bits per heavy atom. The first-order valence-electron chi connectivity index (χ1n) is 10.0. The number of urea groups is 1. The molecule has 2 fully saturated rings. The number of hydrogen-bond acceptors (Lipinski definition) is 4. The average molecular weight is 395 g/mol. The molecule has 3 amide bonds. The number of aryl methyl sites for hydroxylation is 1. The molecule has 2 heterocycles. The van der Waals surface area contributed by atoms with Crippen LogP contribution in [0.15, 0.2) is 47.4 Å². The second-order valence-electron chi connectivity index (χ2n) is 7.84. The second kappa shape index (κ2) is 7.73. The van der Waals surface area contributed by atoms with Crippen molar-refractivity contribution >= 4 is 11.9 Å². The first-order chi connectivity index (χ1) is 14.0. The summed E-state index contributed by atoms with van der Waals surface area (Å²) in [5.74, 6) is 0.269. The van der Waals surface area contributed by atoms with E-state index in [0.29, 0.717) is 11.1 Å². The van der Waals surface area contributed by atoms with E-state index in [4.69, 9.17) is 4.74 Å². The van der Waals surface area contributed by atoms with Gasteiger partial charge in [0.15, 0.2) is 5.54 Å². The van der Waals surface area contributed by atoms with Crippen LogP contribution in [0.3, 0.4) is 0 Å². The number of nitrogens with one attached hydrogen (secondary N) is 2. The summed E-state index contributed by atoms with van der Waals surface area (Å²) < 4.78 is 7.52. The van der Waals surface area contributed by atoms with Crippen LogP contribution in [0.5, 0.6) is 5.75 Å². The number of carbonyl (C=O) groups excluding carboxylic acids is 2. The van der Waals surface area contributed by atoms with Gasteiger partial charge in [0.1, 0.15) is 5.75 Å². The van der Waals surface area contributed by atoms with Gasteiger partial charge in [0.2, 0.25) is 0 Å². The van der Waals surface area contributed by atoms with Gasteiger partial charge in [-0.3, -0.25) is 14.9 Å². The molecule has 7 heteroatoms. The summed E-state index contributed by atoms with van der Waals surface area (Å²) in [7, 11) is 0. The molecule has 152 valence electrons. The molecule has 1 atom stereocenters. The summed E-state index contributed by atoms with van der Waals surface area (Å²) in [4.78, 5) is 37.2. The maximum absolute atomic E-state index is 12.8. The largest absolute Gasteiger partial charge is 0.490 e. The Labute approximate surface area is 169 Å². The maximum atomic E-state index is 12.8. The normalized spacial score (nSPS) is 22.2. The lowest BCUT2D eigenvalue weighted by Gasteiger charge is -2.28. The molecule has 0 bridgehead atoms. The molecule has 2 aliphatic rings. The predicted molar refractivity (Wildman–Crippen MR) is 108 cm³/mol. The van der Waals surface area contributed by atoms with E-state index in [-0.39, 0.29) is 18.2 Å². The maximum Gasteiger partial charge on any atom is 0.322 e. The monoisotopic (exact) mass is 395 g/mol. The van der Waals surface area contributed by atoms with Crippen LogP contribution in [0.4, 0.5) is 4.79 Å². The fraction of sp³-hybridized carbons (Fsp3) is 0.409. The highest BCUT2D eigenvalue weighted by Gasteiger charge is 2.48. The Kier molecular flexibility index (Phi) is 5.13. The highest BCUT2D eigenvalue weighted by molar-refractivity contribution is 6.07. The lowest BCUT2D eigenvalue weighted by atomic mass is 9.89. The SMILES string of the molecule is Cc1cccn(CC2(c3ccc(OC4CCCCC4)cc3)NC(=O)NC2=O)c1=O. The van der Waals surface area contributed by atoms with Gasteiger partial charge in [-0.2, -0.15) is 0 Å². The minimum absolute atomic E-state index is 0.00785. The van der Waals surface area contributed by atoms with Crippen molar-refractivity contribution in [3.63, 3.8) is 0 Å². The molecule has 0 radical (unpaired) electrons. The van der Waals surface area contributed by atoms with Gasteiger partial charge in [-0.1, -0.05) is 24.6 Å². The smallest absolute Gasteiger partial charge is 0.322 e. The minimum atomic E-state index is -1.35. The average Bonchev–Trinajstić information content (AvgIpc) is 3.01. The van der Waals surface area contributed by atoms with Crippen molar-refractivity contribution in [1.82, 2.24) is 15.2 Å². The highest BCUT2D eigenvalue weighted by atomic mass is 16.5. The molecule has 7 nitrogen and oxygen atoms in total. The zero-order chi connectivity index (χ0) is 20.4. The molecular formula is C22H25N3O4. The van der Waals surface area contributed by atoms with Crippen LogP contribution < -0.4 is 20.9 Å². The third-order valence-electron chi connectivity index (χ3n) is 5.76. The Bertz CT molecular complexity index is 976. The van der Waals surface area contributed by atoms with Crippen molar-refractivity contribution in [2.24, 2.45) is 0 Å². The van der Waals surface area contributed by atoms with E-state index in [2.05, 4.69) is 10.6 Å². The number of ether oxygens (including phenoxy) is 1. The number of carbonyl (C=O) groups is 2. The molecule has 1 unspecified atom stereocenters. The van der Waals surface area contributed by atoms with Gasteiger partial charge in [0.05, 0.1) is 12.6 Å². The van der Waals surface area contributed by atoms with E-state index in [0.717, 1.165) is 18.6 Å². The zero-order valence-corrected chi connectivity index (χ0v) is 16.4. The van der Waals surface area contributed by atoms with Crippen molar-refractivity contribution in [3.05, 3.63) is 64.1 Å². The van der Waals surface area contributed by atoms with Gasteiger partial charge in [0.25, 0.3) is 11.5 Å². The van der Waals surface area contributed by atoms with Crippen LogP contribution in [-0.2, 0) is 16.9 Å². The number of nitrogens with zero attached hydrogens (tertiary/aromatic N) is 1. The molecule has 1 saturated heterocycles. The van der Waals surface area contributed by atoms with Crippen LogP contribution in [0.1, 0.15) is 43.2 Å². The summed E-state index contributed by atoms with van der Waals surface area (Å²) in [6.07, 6.45) is 7.58. The molecule has 29 heavy (non-hydrogen) atoms. The molecule has 0 spiro atoms. The van der Waals surface area contributed by atoms with Gasteiger partial charge < -0.3 is 14.6 Å². The van der Waals surface area contributed by atoms with Gasteiger partial charge >= 0.3 is 6.03 Å². The molecule has 4 rings (SSSR count). The number of aromatic nitrogens is 1. The fourth-order valence-electron chi connectivity index (χ4n) is 4.13. The summed E-state index contributed by atoms with van der Waals surface area (Å²) in [6, 6.07) is 10.1. The van der Waals surface area contributed by atoms with E-state index < -0.39 is 17.5 Å². The number of imide groups is 1. The summed E-state index contributed by atoms with van der Waals surface area (Å²) in [5.41, 5.74) is -0.370. The second-order valence-corrected chi connectivity index (χ2v) is 7.84. The predicted octanol–water partition coefficient (Wildman–Crippen LogP) is 2.60. The van der Waals surface area contributed by atoms with Crippen LogP contribution in [0, 0.1) is 6.92 Å². The number of amides is 3. The molecule has 2 aromatic rings. The first kappa shape index (κ1) is 19.2. The third-order valence-corrected chi connectivity index (χ3v) is 5.76. The summed E-state index contributed by atoms with van der Waals surface area (Å²) in [5, 5.41) is 5.03. The molecule has 1 saturated carbocycles. The van der Waals surface area contributed by atoms with Crippen LogP contribution >= 0.6 is 0 Å². The van der Waals surface area contributed by atoms with Gasteiger partial charge in [-0.25, -0.2) is 4.79 Å². The topological polar surface area (TPSA) is 89.4 Å². The number of hydrogen-bond donors (Lipinski definition) is 2. The quantitative estimate of drug-likeness (QED) is 0.762. The number of pyridine rings is 1. The molecule has 1 aromatic heterocycles. The fourth-order valence-corrected chi connectivity index (χ4v) is 4.13. The molecular weight excluding hydrogens is 370 g/mol. The van der Waals surface area contributed by atoms with Gasteiger partial charge in [0, 0.05) is 11.8 Å². The van der Waals surface area contributed by atoms with Crippen LogP contribution in [-0.4, -0.2) is 22.6 Å². The number of rotatable bonds is 5. The lowest BCUT2D eigenvalue weighted by molar-refractivity contribution is -0.124. The van der Waals surface area contributed by atoms with Crippen molar-refractivity contribution in [3.8, 4) is 5.75 Å². The molecule has 1 aliphatic heterocycles. The minimum Gasteiger partial charge on any atom is -0.490 e. The Morgan fingerprint density at radius 2 is 1.79 bits per heavy atom. The first-order valence-corrected chi connectivity index (χ1v) is 10.0. The third kappa shape index (κ3) is 3.77. The summed E-state index contributed by atoms with van der Waals surface area (Å²) >= 11 is 0. The lowest BCUT2D eigenvalue weighted by Crippen LogP contribution is -2.49. The van der Waals surface area contributed by atoms with Gasteiger partial charge in [-0.15, -0.1) is 0 Å². The van der Waals surface area contributed by atoms with E-state index in [9.17, 15) is 14.4 Å². The van der Waals surface area contributed by atoms with Gasteiger partial charge in [-0.05, 0) is 56.4 Å². The summed E-state index contributed by atoms with van der Waals surface area (Å²) in [6.45, 7) is 1.73. The molecule has 1 aliphatic carbocycles. The van der Waals surface area contributed by atoms with E-state index in [1.165, 1.54) is 23.8 Å². The highest BCUT2D eigenvalue weighted by Crippen LogP contribution is 2.30. The molecule has 2 N–H and O–H groups in total. The Morgan fingerprint density at radius 1 is 1.07 bits per heavy atom. The Balaban J connectivity index is 1.63.